The summed E-state index contributed by atoms with van der Waals surface area (Å²) in [6.07, 6.45) is 0. The van der Waals surface area contributed by atoms with Crippen LogP contribution in [0.4, 0.5) is 0 Å². The number of nitrogens with one attached hydrogen (secondary N) is 1. The Morgan fingerprint density at radius 2 is 2.57 bits per heavy atom. The number of hydrogen-bond acceptors (Lipinski definition) is 2. The molecule has 7 heavy (non-hydrogen) atoms. The van der Waals surface area contributed by atoms with Crippen LogP contribution in [0.15, 0.2) is 0 Å². The van der Waals surface area contributed by atoms with E-state index in [1.807, 2.05) is 0 Å². The number of amides is 1. The summed E-state index contributed by atoms with van der Waals surface area (Å²) in [4.78, 5) is 10.1. The Balaban J connectivity index is 0. The van der Waals surface area contributed by atoms with Crippen molar-refractivity contribution in [3.8, 4) is 0 Å². The van der Waals surface area contributed by atoms with E-state index in [0.717, 1.165) is 5.88 Å². The van der Waals surface area contributed by atoms with Crippen molar-refractivity contribution in [3.63, 3.8) is 0 Å². The molecule has 1 saturated heterocycles. The van der Waals surface area contributed by atoms with Gasteiger partial charge in [0.25, 0.3) is 0 Å². The van der Waals surface area contributed by atoms with E-state index in [1.165, 1.54) is 0 Å². The number of carbonyl (C=O) groups is 1. The van der Waals surface area contributed by atoms with E-state index < -0.39 is 0 Å². The van der Waals surface area contributed by atoms with E-state index in [0.29, 0.717) is 5.75 Å². The van der Waals surface area contributed by atoms with Crippen LogP contribution >= 0.6 is 11.8 Å². The van der Waals surface area contributed by atoms with Crippen LogP contribution in [-0.2, 0) is 4.79 Å². The van der Waals surface area contributed by atoms with Crippen LogP contribution in [0.25, 0.3) is 0 Å². The number of thioether (sulfide) groups is 1. The molecule has 4 heteroatoms. The van der Waals surface area contributed by atoms with Gasteiger partial charge < -0.3 is 6.74 Å². The molecule has 0 aromatic heterocycles. The molecule has 0 aromatic carbocycles. The molecule has 2 nitrogen and oxygen atoms in total. The van der Waals surface area contributed by atoms with Gasteiger partial charge >= 0.3 is 51.4 Å². The maximum absolute atomic E-state index is 10.1. The number of hydrogen-bond donors (Lipinski definition) is 1. The summed E-state index contributed by atoms with van der Waals surface area (Å²) in [5.41, 5.74) is 0. The largest absolute Gasteiger partial charge is 1.00 e. The molecule has 0 unspecified atom stereocenters. The Morgan fingerprint density at radius 1 is 1.86 bits per heavy atom. The van der Waals surface area contributed by atoms with Crippen LogP contribution in [-0.4, -0.2) is 17.5 Å². The molecule has 1 heterocycles. The minimum atomic E-state index is 0. The summed E-state index contributed by atoms with van der Waals surface area (Å²) in [5, 5.41) is 2.64. The summed E-state index contributed by atoms with van der Waals surface area (Å²) in [6.45, 7) is 0. The predicted octanol–water partition coefficient (Wildman–Crippen LogP) is -3.08. The summed E-state index contributed by atoms with van der Waals surface area (Å²) < 4.78 is 0. The fourth-order valence-corrected chi connectivity index (χ4v) is 0.979. The van der Waals surface area contributed by atoms with Crippen LogP contribution in [0.1, 0.15) is 1.43 Å². The molecule has 0 aromatic rings. The fraction of sp³-hybridized carbons (Fsp3) is 0.667. The average Bonchev–Trinajstić information content (AvgIpc) is 1.86. The van der Waals surface area contributed by atoms with E-state index >= 15 is 0 Å². The molecule has 1 fully saturated rings. The summed E-state index contributed by atoms with van der Waals surface area (Å²) >= 11 is 1.62. The van der Waals surface area contributed by atoms with Crippen molar-refractivity contribution in [3.05, 3.63) is 0 Å². The molecule has 1 aliphatic heterocycles. The van der Waals surface area contributed by atoms with Gasteiger partial charge in [-0.15, -0.1) is 11.8 Å². The molecule has 1 rings (SSSR count). The third kappa shape index (κ3) is 3.10. The minimum Gasteiger partial charge on any atom is -1.00 e. The molecular weight excluding hydrogens is 137 g/mol. The zero-order valence-corrected chi connectivity index (χ0v) is 8.17. The molecular formula is C3H6KNOS. The van der Waals surface area contributed by atoms with Crippen molar-refractivity contribution in [2.45, 2.75) is 0 Å². The van der Waals surface area contributed by atoms with E-state index in [2.05, 4.69) is 5.32 Å². The van der Waals surface area contributed by atoms with Crippen LogP contribution < -0.4 is 56.7 Å². The Kier molecular flexibility index (Phi) is 5.25. The Morgan fingerprint density at radius 3 is 2.71 bits per heavy atom. The second kappa shape index (κ2) is 4.35. The third-order valence-corrected chi connectivity index (χ3v) is 1.42. The molecule has 0 saturated carbocycles. The first-order valence-electron chi connectivity index (χ1n) is 1.74. The Labute approximate surface area is 90.7 Å². The Bertz CT molecular complexity index is 73.7. The molecule has 36 valence electrons. The second-order valence-electron chi connectivity index (χ2n) is 1.09. The van der Waals surface area contributed by atoms with E-state index in [4.69, 9.17) is 0 Å². The summed E-state index contributed by atoms with van der Waals surface area (Å²) in [5.74, 6) is 1.62. The SMILES string of the molecule is O=C1CSCN1.[H-].[K+]. The van der Waals surface area contributed by atoms with Crippen molar-refractivity contribution in [1.29, 1.82) is 0 Å². The summed E-state index contributed by atoms with van der Waals surface area (Å²) in [7, 11) is 0. The minimum absolute atomic E-state index is 0. The predicted molar refractivity (Wildman–Crippen MR) is 26.6 cm³/mol. The molecule has 1 amide bonds. The van der Waals surface area contributed by atoms with Crippen molar-refractivity contribution in [2.75, 3.05) is 11.6 Å². The van der Waals surface area contributed by atoms with Crippen LogP contribution in [0.3, 0.4) is 0 Å². The molecule has 1 aliphatic rings. The second-order valence-corrected chi connectivity index (χ2v) is 2.08. The molecule has 0 aliphatic carbocycles. The van der Waals surface area contributed by atoms with E-state index in [-0.39, 0.29) is 58.7 Å². The monoisotopic (exact) mass is 143 g/mol. The topological polar surface area (TPSA) is 29.1 Å². The average molecular weight is 143 g/mol. The Hall–Kier alpha value is 1.46. The van der Waals surface area contributed by atoms with Gasteiger partial charge in [0, 0.05) is 0 Å². The zero-order chi connectivity index (χ0) is 4.41. The normalized spacial score (nSPS) is 18.0. The first-order chi connectivity index (χ1) is 2.89. The third-order valence-electron chi connectivity index (χ3n) is 0.605. The van der Waals surface area contributed by atoms with Crippen molar-refractivity contribution >= 4 is 17.7 Å². The molecule has 0 radical (unpaired) electrons. The molecule has 1 N–H and O–H groups in total. The van der Waals surface area contributed by atoms with Crippen molar-refractivity contribution in [2.24, 2.45) is 0 Å². The van der Waals surface area contributed by atoms with Gasteiger partial charge in [-0.05, 0) is 0 Å². The van der Waals surface area contributed by atoms with Gasteiger partial charge in [0.2, 0.25) is 5.91 Å². The standard InChI is InChI=1S/C3H5NOS.K.H/c5-3-1-6-2-4-3;;/h1-2H2,(H,4,5);;/q;+1;-1. The quantitative estimate of drug-likeness (QED) is 0.364. The first-order valence-corrected chi connectivity index (χ1v) is 2.89. The van der Waals surface area contributed by atoms with Gasteiger partial charge in [0.15, 0.2) is 0 Å². The van der Waals surface area contributed by atoms with Gasteiger partial charge in [-0.3, -0.25) is 4.79 Å². The first kappa shape index (κ1) is 8.46. The molecule has 0 atom stereocenters. The molecule has 0 bridgehead atoms. The van der Waals surface area contributed by atoms with Crippen molar-refractivity contribution < 1.29 is 57.6 Å². The molecule has 0 spiro atoms. The van der Waals surface area contributed by atoms with Crippen LogP contribution in [0, 0.1) is 0 Å². The number of rotatable bonds is 0. The van der Waals surface area contributed by atoms with Gasteiger partial charge in [-0.1, -0.05) is 0 Å². The van der Waals surface area contributed by atoms with Crippen molar-refractivity contribution in [1.82, 2.24) is 5.32 Å². The van der Waals surface area contributed by atoms with Gasteiger partial charge in [-0.25, -0.2) is 0 Å². The summed E-state index contributed by atoms with van der Waals surface area (Å²) in [6, 6.07) is 0. The van der Waals surface area contributed by atoms with E-state index in [9.17, 15) is 4.79 Å². The fourth-order valence-electron chi connectivity index (χ4n) is 0.326. The smallest absolute Gasteiger partial charge is 1.00 e. The van der Waals surface area contributed by atoms with Crippen LogP contribution in [0.5, 0.6) is 0 Å². The van der Waals surface area contributed by atoms with E-state index in [1.54, 1.807) is 11.8 Å². The van der Waals surface area contributed by atoms with Crippen LogP contribution in [0.2, 0.25) is 0 Å². The maximum Gasteiger partial charge on any atom is 1.00 e. The van der Waals surface area contributed by atoms with Gasteiger partial charge in [-0.2, -0.15) is 0 Å². The zero-order valence-electron chi connectivity index (χ0n) is 5.23. The van der Waals surface area contributed by atoms with Gasteiger partial charge in [0.05, 0.1) is 11.6 Å². The van der Waals surface area contributed by atoms with Gasteiger partial charge in [0.1, 0.15) is 0 Å². The maximum atomic E-state index is 10.1. The number of carbonyl (C=O) groups excluding carboxylic acids is 1.